The van der Waals surface area contributed by atoms with Crippen LogP contribution in [0.3, 0.4) is 0 Å². The van der Waals surface area contributed by atoms with Crippen LogP contribution < -0.4 is 5.32 Å². The van der Waals surface area contributed by atoms with E-state index in [1.54, 1.807) is 18.3 Å². The van der Waals surface area contributed by atoms with Crippen LogP contribution in [0.1, 0.15) is 23.0 Å². The van der Waals surface area contributed by atoms with Crippen molar-refractivity contribution < 1.29 is 4.79 Å². The number of rotatable bonds is 2. The Bertz CT molecular complexity index is 502. The Morgan fingerprint density at radius 3 is 3.13 bits per heavy atom. The molecule has 0 aliphatic rings. The molecule has 2 heterocycles. The molecule has 0 aliphatic heterocycles. The highest BCUT2D eigenvalue weighted by atomic mass is 16.1. The summed E-state index contributed by atoms with van der Waals surface area (Å²) in [6.07, 6.45) is 3.65. The predicted molar refractivity (Wildman–Crippen MR) is 57.9 cm³/mol. The van der Waals surface area contributed by atoms with Crippen molar-refractivity contribution in [3.8, 4) is 0 Å². The van der Waals surface area contributed by atoms with Crippen LogP contribution in [-0.4, -0.2) is 21.8 Å². The quantitative estimate of drug-likeness (QED) is 0.801. The zero-order chi connectivity index (χ0) is 10.8. The lowest BCUT2D eigenvalue weighted by atomic mass is 10.2. The molecule has 0 aromatic carbocycles. The molecule has 15 heavy (non-hydrogen) atoms. The minimum atomic E-state index is -0.0550. The van der Waals surface area contributed by atoms with E-state index >= 15 is 0 Å². The topological polar surface area (TPSA) is 46.4 Å². The van der Waals surface area contributed by atoms with Gasteiger partial charge in [-0.05, 0) is 26.0 Å². The van der Waals surface area contributed by atoms with Crippen LogP contribution in [0.25, 0.3) is 5.65 Å². The lowest BCUT2D eigenvalue weighted by molar-refractivity contribution is 0.0956. The van der Waals surface area contributed by atoms with Crippen molar-refractivity contribution in [2.45, 2.75) is 13.8 Å². The summed E-state index contributed by atoms with van der Waals surface area (Å²) in [6, 6.07) is 3.59. The van der Waals surface area contributed by atoms with Gasteiger partial charge in [-0.25, -0.2) is 4.98 Å². The monoisotopic (exact) mass is 203 g/mol. The Morgan fingerprint density at radius 1 is 1.60 bits per heavy atom. The standard InChI is InChI=1S/C11H13N3O/c1-3-12-11(15)9-4-5-14-8(2)7-13-10(14)6-9/h4-7H,3H2,1-2H3,(H,12,15). The number of pyridine rings is 1. The van der Waals surface area contributed by atoms with E-state index in [1.165, 1.54) is 0 Å². The molecule has 0 radical (unpaired) electrons. The van der Waals surface area contributed by atoms with Crippen LogP contribution in [0, 0.1) is 6.92 Å². The Balaban J connectivity index is 2.43. The van der Waals surface area contributed by atoms with Crippen molar-refractivity contribution in [3.05, 3.63) is 35.8 Å². The summed E-state index contributed by atoms with van der Waals surface area (Å²) in [7, 11) is 0. The van der Waals surface area contributed by atoms with E-state index in [0.717, 1.165) is 11.3 Å². The van der Waals surface area contributed by atoms with E-state index in [2.05, 4.69) is 10.3 Å². The molecule has 0 saturated carbocycles. The molecule has 0 spiro atoms. The van der Waals surface area contributed by atoms with Crippen molar-refractivity contribution in [3.63, 3.8) is 0 Å². The van der Waals surface area contributed by atoms with E-state index in [1.807, 2.05) is 24.4 Å². The van der Waals surface area contributed by atoms with Gasteiger partial charge in [0.2, 0.25) is 0 Å². The van der Waals surface area contributed by atoms with Gasteiger partial charge in [-0.1, -0.05) is 0 Å². The molecule has 0 bridgehead atoms. The van der Waals surface area contributed by atoms with Gasteiger partial charge in [-0.3, -0.25) is 4.79 Å². The molecule has 0 fully saturated rings. The Labute approximate surface area is 87.9 Å². The molecule has 4 heteroatoms. The smallest absolute Gasteiger partial charge is 0.251 e. The minimum Gasteiger partial charge on any atom is -0.352 e. The highest BCUT2D eigenvalue weighted by Crippen LogP contribution is 2.08. The number of carbonyl (C=O) groups excluding carboxylic acids is 1. The molecule has 0 saturated heterocycles. The van der Waals surface area contributed by atoms with Gasteiger partial charge >= 0.3 is 0 Å². The maximum atomic E-state index is 11.5. The van der Waals surface area contributed by atoms with E-state index in [9.17, 15) is 4.79 Å². The van der Waals surface area contributed by atoms with Crippen molar-refractivity contribution >= 4 is 11.6 Å². The van der Waals surface area contributed by atoms with Crippen molar-refractivity contribution in [2.75, 3.05) is 6.54 Å². The molecule has 1 amide bonds. The number of aryl methyl sites for hydroxylation is 1. The molecule has 78 valence electrons. The fourth-order valence-electron chi connectivity index (χ4n) is 1.51. The van der Waals surface area contributed by atoms with Crippen LogP contribution in [0.5, 0.6) is 0 Å². The Morgan fingerprint density at radius 2 is 2.40 bits per heavy atom. The maximum Gasteiger partial charge on any atom is 0.251 e. The average molecular weight is 203 g/mol. The summed E-state index contributed by atoms with van der Waals surface area (Å²) >= 11 is 0. The molecule has 4 nitrogen and oxygen atoms in total. The third-order valence-electron chi connectivity index (χ3n) is 2.30. The summed E-state index contributed by atoms with van der Waals surface area (Å²) in [5.74, 6) is -0.0550. The van der Waals surface area contributed by atoms with Crippen molar-refractivity contribution in [1.82, 2.24) is 14.7 Å². The van der Waals surface area contributed by atoms with Crippen LogP contribution in [0.2, 0.25) is 0 Å². The third kappa shape index (κ3) is 1.70. The fraction of sp³-hybridized carbons (Fsp3) is 0.273. The second-order valence-electron chi connectivity index (χ2n) is 3.40. The average Bonchev–Trinajstić information content (AvgIpc) is 2.60. The molecule has 2 rings (SSSR count). The van der Waals surface area contributed by atoms with Crippen molar-refractivity contribution in [1.29, 1.82) is 0 Å². The SMILES string of the molecule is CCNC(=O)c1ccn2c(C)cnc2c1. The number of imidazole rings is 1. The van der Waals surface area contributed by atoms with Gasteiger partial charge in [0.05, 0.1) is 0 Å². The number of nitrogens with zero attached hydrogens (tertiary/aromatic N) is 2. The molecule has 1 N–H and O–H groups in total. The molecular formula is C11H13N3O. The minimum absolute atomic E-state index is 0.0550. The lowest BCUT2D eigenvalue weighted by Gasteiger charge is -2.02. The zero-order valence-corrected chi connectivity index (χ0v) is 8.82. The van der Waals surface area contributed by atoms with Crippen LogP contribution in [0.4, 0.5) is 0 Å². The summed E-state index contributed by atoms with van der Waals surface area (Å²) in [5.41, 5.74) is 2.51. The molecule has 2 aromatic heterocycles. The summed E-state index contributed by atoms with van der Waals surface area (Å²) < 4.78 is 1.95. The second kappa shape index (κ2) is 3.73. The predicted octanol–water partition coefficient (Wildman–Crippen LogP) is 1.39. The lowest BCUT2D eigenvalue weighted by Crippen LogP contribution is -2.22. The number of nitrogens with one attached hydrogen (secondary N) is 1. The fourth-order valence-corrected chi connectivity index (χ4v) is 1.51. The van der Waals surface area contributed by atoms with E-state index in [-0.39, 0.29) is 5.91 Å². The van der Waals surface area contributed by atoms with Gasteiger partial charge in [0.15, 0.2) is 0 Å². The largest absolute Gasteiger partial charge is 0.352 e. The van der Waals surface area contributed by atoms with E-state index < -0.39 is 0 Å². The number of fused-ring (bicyclic) bond motifs is 1. The highest BCUT2D eigenvalue weighted by Gasteiger charge is 2.06. The maximum absolute atomic E-state index is 11.5. The van der Waals surface area contributed by atoms with E-state index in [0.29, 0.717) is 12.1 Å². The number of carbonyl (C=O) groups is 1. The number of aromatic nitrogens is 2. The zero-order valence-electron chi connectivity index (χ0n) is 8.82. The van der Waals surface area contributed by atoms with Gasteiger partial charge in [0.25, 0.3) is 5.91 Å². The van der Waals surface area contributed by atoms with Crippen LogP contribution in [-0.2, 0) is 0 Å². The number of amides is 1. The number of hydrogen-bond donors (Lipinski definition) is 1. The first kappa shape index (κ1) is 9.71. The summed E-state index contributed by atoms with van der Waals surface area (Å²) in [4.78, 5) is 15.8. The molecule has 0 aliphatic carbocycles. The van der Waals surface area contributed by atoms with Crippen molar-refractivity contribution in [2.24, 2.45) is 0 Å². The number of hydrogen-bond acceptors (Lipinski definition) is 2. The molecular weight excluding hydrogens is 190 g/mol. The first-order valence-corrected chi connectivity index (χ1v) is 4.94. The van der Waals surface area contributed by atoms with E-state index in [4.69, 9.17) is 0 Å². The van der Waals surface area contributed by atoms with Gasteiger partial charge in [0, 0.05) is 30.2 Å². The van der Waals surface area contributed by atoms with Crippen LogP contribution >= 0.6 is 0 Å². The first-order valence-electron chi connectivity index (χ1n) is 4.94. The summed E-state index contributed by atoms with van der Waals surface area (Å²) in [6.45, 7) is 4.51. The van der Waals surface area contributed by atoms with Gasteiger partial charge < -0.3 is 9.72 Å². The molecule has 0 unspecified atom stereocenters. The highest BCUT2D eigenvalue weighted by molar-refractivity contribution is 5.94. The van der Waals surface area contributed by atoms with Gasteiger partial charge in [-0.2, -0.15) is 0 Å². The third-order valence-corrected chi connectivity index (χ3v) is 2.30. The van der Waals surface area contributed by atoms with Gasteiger partial charge in [0.1, 0.15) is 5.65 Å². The van der Waals surface area contributed by atoms with Gasteiger partial charge in [-0.15, -0.1) is 0 Å². The normalized spacial score (nSPS) is 10.5. The molecule has 0 atom stereocenters. The first-order chi connectivity index (χ1) is 7.22. The summed E-state index contributed by atoms with van der Waals surface area (Å²) in [5, 5.41) is 2.76. The Kier molecular flexibility index (Phi) is 2.41. The second-order valence-corrected chi connectivity index (χ2v) is 3.40. The van der Waals surface area contributed by atoms with Crippen LogP contribution in [0.15, 0.2) is 24.5 Å². The molecule has 2 aromatic rings. The Hall–Kier alpha value is -1.84.